The van der Waals surface area contributed by atoms with Crippen molar-refractivity contribution in [3.05, 3.63) is 46.1 Å². The lowest BCUT2D eigenvalue weighted by Gasteiger charge is -2.33. The summed E-state index contributed by atoms with van der Waals surface area (Å²) in [5.74, 6) is -0.411. The summed E-state index contributed by atoms with van der Waals surface area (Å²) in [6.07, 6.45) is 0.742. The van der Waals surface area contributed by atoms with Gasteiger partial charge in [0.25, 0.3) is 0 Å². The maximum Gasteiger partial charge on any atom is 0.338 e. The quantitative estimate of drug-likeness (QED) is 0.866. The number of hydrogen-bond donors (Lipinski definition) is 1. The first kappa shape index (κ1) is 16.4. The van der Waals surface area contributed by atoms with Crippen LogP contribution in [0.25, 0.3) is 0 Å². The predicted octanol–water partition coefficient (Wildman–Crippen LogP) is 3.26. The number of hydrogen-bond acceptors (Lipinski definition) is 3. The van der Waals surface area contributed by atoms with Crippen LogP contribution in [0, 0.1) is 0 Å². The lowest BCUT2D eigenvalue weighted by molar-refractivity contribution is -0.139. The molecule has 0 bridgehead atoms. The van der Waals surface area contributed by atoms with Crippen molar-refractivity contribution in [2.45, 2.75) is 26.3 Å². The molecule has 1 atom stereocenters. The van der Waals surface area contributed by atoms with Gasteiger partial charge in [-0.05, 0) is 31.0 Å². The third-order valence-electron chi connectivity index (χ3n) is 3.61. The number of rotatable bonds is 4. The summed E-state index contributed by atoms with van der Waals surface area (Å²) in [6.45, 7) is 4.02. The first-order valence-corrected chi connectivity index (χ1v) is 7.51. The van der Waals surface area contributed by atoms with Gasteiger partial charge in [-0.3, -0.25) is 0 Å². The van der Waals surface area contributed by atoms with Crippen LogP contribution in [0.4, 0.5) is 4.79 Å². The molecule has 1 aromatic carbocycles. The normalized spacial score (nSPS) is 18.3. The van der Waals surface area contributed by atoms with Crippen molar-refractivity contribution in [2.75, 3.05) is 13.7 Å². The summed E-state index contributed by atoms with van der Waals surface area (Å²) in [4.78, 5) is 25.8. The molecule has 0 fully saturated rings. The number of benzene rings is 1. The molecule has 2 amide bonds. The summed E-state index contributed by atoms with van der Waals surface area (Å²) >= 11 is 5.90. The standard InChI is InChI=1S/C16H19ClN2O3/c1-4-9-22-15(20)13-10(2)19(3)16(21)18-14(13)11-5-7-12(17)8-6-11/h5-8,14H,4,9H2,1-3H3,(H,18,21)/t14-/m1/s1. The third kappa shape index (κ3) is 3.25. The second kappa shape index (κ2) is 6.83. The van der Waals surface area contributed by atoms with E-state index in [2.05, 4.69) is 5.32 Å². The molecule has 0 saturated carbocycles. The number of esters is 1. The smallest absolute Gasteiger partial charge is 0.338 e. The van der Waals surface area contributed by atoms with E-state index < -0.39 is 12.0 Å². The van der Waals surface area contributed by atoms with E-state index in [1.807, 2.05) is 6.92 Å². The number of carbonyl (C=O) groups is 2. The molecule has 1 heterocycles. The van der Waals surface area contributed by atoms with Gasteiger partial charge in [0.2, 0.25) is 0 Å². The van der Waals surface area contributed by atoms with Crippen LogP contribution in [0.3, 0.4) is 0 Å². The van der Waals surface area contributed by atoms with E-state index in [0.717, 1.165) is 12.0 Å². The predicted molar refractivity (Wildman–Crippen MR) is 84.4 cm³/mol. The van der Waals surface area contributed by atoms with E-state index in [1.165, 1.54) is 4.90 Å². The number of nitrogens with zero attached hydrogens (tertiary/aromatic N) is 1. The molecule has 1 aliphatic heterocycles. The Balaban J connectivity index is 2.42. The molecule has 1 aromatic rings. The van der Waals surface area contributed by atoms with E-state index >= 15 is 0 Å². The summed E-state index contributed by atoms with van der Waals surface area (Å²) in [5.41, 5.74) is 1.82. The molecular weight excluding hydrogens is 304 g/mol. The Labute approximate surface area is 134 Å². The molecule has 0 radical (unpaired) electrons. The molecule has 2 rings (SSSR count). The van der Waals surface area contributed by atoms with Crippen molar-refractivity contribution < 1.29 is 14.3 Å². The van der Waals surface area contributed by atoms with Crippen LogP contribution in [0.2, 0.25) is 5.02 Å². The van der Waals surface area contributed by atoms with Crippen molar-refractivity contribution in [3.8, 4) is 0 Å². The number of ether oxygens (including phenoxy) is 1. The molecule has 0 aliphatic carbocycles. The van der Waals surface area contributed by atoms with E-state index in [1.54, 1.807) is 38.2 Å². The van der Waals surface area contributed by atoms with Crippen LogP contribution in [-0.4, -0.2) is 30.6 Å². The van der Waals surface area contributed by atoms with Gasteiger partial charge in [0.15, 0.2) is 0 Å². The highest BCUT2D eigenvalue weighted by Gasteiger charge is 2.34. The molecule has 5 nitrogen and oxygen atoms in total. The fourth-order valence-corrected chi connectivity index (χ4v) is 2.40. The third-order valence-corrected chi connectivity index (χ3v) is 3.87. The van der Waals surface area contributed by atoms with Crippen LogP contribution < -0.4 is 5.32 Å². The minimum atomic E-state index is -0.537. The maximum atomic E-state index is 12.4. The van der Waals surface area contributed by atoms with Gasteiger partial charge in [-0.2, -0.15) is 0 Å². The molecule has 1 N–H and O–H groups in total. The average molecular weight is 323 g/mol. The van der Waals surface area contributed by atoms with Crippen molar-refractivity contribution in [3.63, 3.8) is 0 Å². The van der Waals surface area contributed by atoms with E-state index in [0.29, 0.717) is 22.9 Å². The lowest BCUT2D eigenvalue weighted by atomic mass is 9.95. The molecule has 0 unspecified atom stereocenters. The van der Waals surface area contributed by atoms with Gasteiger partial charge >= 0.3 is 12.0 Å². The van der Waals surface area contributed by atoms with E-state index in [9.17, 15) is 9.59 Å². The molecule has 0 saturated heterocycles. The Bertz CT molecular complexity index is 610. The lowest BCUT2D eigenvalue weighted by Crippen LogP contribution is -2.46. The van der Waals surface area contributed by atoms with Gasteiger partial charge in [0.05, 0.1) is 18.2 Å². The number of halogens is 1. The molecule has 6 heteroatoms. The number of nitrogens with one attached hydrogen (secondary N) is 1. The average Bonchev–Trinajstić information content (AvgIpc) is 2.50. The Kier molecular flexibility index (Phi) is 5.08. The molecule has 1 aliphatic rings. The zero-order valence-electron chi connectivity index (χ0n) is 12.9. The topological polar surface area (TPSA) is 58.6 Å². The number of urea groups is 1. The van der Waals surface area contributed by atoms with Crippen molar-refractivity contribution >= 4 is 23.6 Å². The van der Waals surface area contributed by atoms with Crippen LogP contribution >= 0.6 is 11.6 Å². The minimum Gasteiger partial charge on any atom is -0.462 e. The van der Waals surface area contributed by atoms with Crippen LogP contribution in [0.1, 0.15) is 31.9 Å². The van der Waals surface area contributed by atoms with Crippen LogP contribution in [0.15, 0.2) is 35.5 Å². The molecule has 118 valence electrons. The van der Waals surface area contributed by atoms with Gasteiger partial charge in [-0.15, -0.1) is 0 Å². The monoisotopic (exact) mass is 322 g/mol. The van der Waals surface area contributed by atoms with Gasteiger partial charge in [0.1, 0.15) is 0 Å². The van der Waals surface area contributed by atoms with Gasteiger partial charge < -0.3 is 15.0 Å². The first-order chi connectivity index (χ1) is 10.5. The fourth-order valence-electron chi connectivity index (χ4n) is 2.28. The second-order valence-corrected chi connectivity index (χ2v) is 5.56. The minimum absolute atomic E-state index is 0.260. The van der Waals surface area contributed by atoms with E-state index in [-0.39, 0.29) is 6.03 Å². The summed E-state index contributed by atoms with van der Waals surface area (Å²) in [6, 6.07) is 6.24. The molecule has 22 heavy (non-hydrogen) atoms. The number of amides is 2. The summed E-state index contributed by atoms with van der Waals surface area (Å²) in [7, 11) is 1.62. The highest BCUT2D eigenvalue weighted by molar-refractivity contribution is 6.30. The Morgan fingerprint density at radius 3 is 2.59 bits per heavy atom. The molecular formula is C16H19ClN2O3. The van der Waals surface area contributed by atoms with Gasteiger partial charge in [-0.25, -0.2) is 9.59 Å². The van der Waals surface area contributed by atoms with Crippen molar-refractivity contribution in [1.29, 1.82) is 0 Å². The van der Waals surface area contributed by atoms with Crippen LogP contribution in [0.5, 0.6) is 0 Å². The Morgan fingerprint density at radius 1 is 1.36 bits per heavy atom. The summed E-state index contributed by atoms with van der Waals surface area (Å²) in [5, 5.41) is 3.42. The fraction of sp³-hybridized carbons (Fsp3) is 0.375. The van der Waals surface area contributed by atoms with Crippen molar-refractivity contribution in [1.82, 2.24) is 10.2 Å². The highest BCUT2D eigenvalue weighted by atomic mass is 35.5. The Morgan fingerprint density at radius 2 is 2.00 bits per heavy atom. The summed E-state index contributed by atoms with van der Waals surface area (Å²) < 4.78 is 5.26. The van der Waals surface area contributed by atoms with E-state index in [4.69, 9.17) is 16.3 Å². The highest BCUT2D eigenvalue weighted by Crippen LogP contribution is 2.31. The second-order valence-electron chi connectivity index (χ2n) is 5.13. The van der Waals surface area contributed by atoms with Gasteiger partial charge in [0, 0.05) is 17.8 Å². The molecule has 0 spiro atoms. The zero-order chi connectivity index (χ0) is 16.3. The van der Waals surface area contributed by atoms with Crippen LogP contribution in [-0.2, 0) is 9.53 Å². The number of allylic oxidation sites excluding steroid dienone is 1. The zero-order valence-corrected chi connectivity index (χ0v) is 13.6. The molecule has 0 aromatic heterocycles. The van der Waals surface area contributed by atoms with Crippen molar-refractivity contribution in [2.24, 2.45) is 0 Å². The SMILES string of the molecule is CCCOC(=O)C1=C(C)N(C)C(=O)N[C@@H]1c1ccc(Cl)cc1. The number of carbonyl (C=O) groups excluding carboxylic acids is 2. The van der Waals surface area contributed by atoms with Gasteiger partial charge in [-0.1, -0.05) is 30.7 Å². The Hall–Kier alpha value is -2.01. The largest absolute Gasteiger partial charge is 0.462 e. The maximum absolute atomic E-state index is 12.4. The first-order valence-electron chi connectivity index (χ1n) is 7.13.